The molecular formula is C19H12Cl3NO3. The number of amides is 1. The Morgan fingerprint density at radius 2 is 1.58 bits per heavy atom. The van der Waals surface area contributed by atoms with Crippen LogP contribution in [0.25, 0.3) is 0 Å². The number of phenolic OH excluding ortho intramolecular Hbond substituents is 1. The zero-order valence-corrected chi connectivity index (χ0v) is 15.4. The smallest absolute Gasteiger partial charge is 0.259 e. The minimum Gasteiger partial charge on any atom is -0.507 e. The first-order valence-electron chi connectivity index (χ1n) is 7.45. The summed E-state index contributed by atoms with van der Waals surface area (Å²) in [6.07, 6.45) is 0. The molecule has 0 fully saturated rings. The van der Waals surface area contributed by atoms with Gasteiger partial charge in [-0.2, -0.15) is 0 Å². The molecule has 3 rings (SSSR count). The molecule has 0 aliphatic carbocycles. The number of nitrogens with one attached hydrogen (secondary N) is 1. The van der Waals surface area contributed by atoms with Gasteiger partial charge in [0.1, 0.15) is 17.2 Å². The Hall–Kier alpha value is -2.40. The van der Waals surface area contributed by atoms with Crippen molar-refractivity contribution in [3.63, 3.8) is 0 Å². The molecule has 0 bridgehead atoms. The van der Waals surface area contributed by atoms with Crippen LogP contribution in [0.5, 0.6) is 17.2 Å². The Kier molecular flexibility index (Phi) is 5.57. The molecule has 3 aromatic rings. The van der Waals surface area contributed by atoms with E-state index in [9.17, 15) is 9.90 Å². The standard InChI is InChI=1S/C19H12Cl3NO3/c20-11-1-5-14(6-2-11)26-18-8-4-13(10-16(18)22)23-19(25)15-9-12(21)3-7-17(15)24/h1-10,24H,(H,23,25). The van der Waals surface area contributed by atoms with Crippen molar-refractivity contribution < 1.29 is 14.6 Å². The normalized spacial score (nSPS) is 10.4. The molecular weight excluding hydrogens is 397 g/mol. The van der Waals surface area contributed by atoms with Gasteiger partial charge in [0.15, 0.2) is 0 Å². The molecule has 0 spiro atoms. The first-order valence-corrected chi connectivity index (χ1v) is 8.58. The predicted octanol–water partition coefficient (Wildman–Crippen LogP) is 6.40. The van der Waals surface area contributed by atoms with Crippen molar-refractivity contribution in [3.8, 4) is 17.2 Å². The number of anilines is 1. The molecule has 1 amide bonds. The van der Waals surface area contributed by atoms with Crippen LogP contribution in [-0.2, 0) is 0 Å². The molecule has 0 unspecified atom stereocenters. The largest absolute Gasteiger partial charge is 0.507 e. The van der Waals surface area contributed by atoms with Gasteiger partial charge in [-0.1, -0.05) is 34.8 Å². The van der Waals surface area contributed by atoms with Crippen molar-refractivity contribution in [2.75, 3.05) is 5.32 Å². The summed E-state index contributed by atoms with van der Waals surface area (Å²) >= 11 is 17.9. The highest BCUT2D eigenvalue weighted by Gasteiger charge is 2.13. The number of hydrogen-bond donors (Lipinski definition) is 2. The molecule has 0 aromatic heterocycles. The number of rotatable bonds is 4. The lowest BCUT2D eigenvalue weighted by Gasteiger charge is -2.11. The highest BCUT2D eigenvalue weighted by atomic mass is 35.5. The van der Waals surface area contributed by atoms with Crippen LogP contribution >= 0.6 is 34.8 Å². The van der Waals surface area contributed by atoms with Crippen LogP contribution in [-0.4, -0.2) is 11.0 Å². The van der Waals surface area contributed by atoms with Crippen molar-refractivity contribution in [3.05, 3.63) is 81.3 Å². The summed E-state index contributed by atoms with van der Waals surface area (Å²) in [4.78, 5) is 12.3. The van der Waals surface area contributed by atoms with Gasteiger partial charge in [-0.25, -0.2) is 0 Å². The van der Waals surface area contributed by atoms with E-state index in [4.69, 9.17) is 39.5 Å². The molecule has 0 atom stereocenters. The van der Waals surface area contributed by atoms with E-state index in [-0.39, 0.29) is 11.3 Å². The molecule has 0 radical (unpaired) electrons. The second kappa shape index (κ2) is 7.87. The van der Waals surface area contributed by atoms with E-state index in [1.165, 1.54) is 18.2 Å². The second-order valence-electron chi connectivity index (χ2n) is 5.32. The summed E-state index contributed by atoms with van der Waals surface area (Å²) in [6, 6.07) is 15.9. The summed E-state index contributed by atoms with van der Waals surface area (Å²) < 4.78 is 5.68. The highest BCUT2D eigenvalue weighted by molar-refractivity contribution is 6.32. The van der Waals surface area contributed by atoms with Gasteiger partial charge < -0.3 is 15.2 Å². The third-order valence-electron chi connectivity index (χ3n) is 3.43. The Bertz CT molecular complexity index is 959. The Labute approximate surface area is 164 Å². The molecule has 2 N–H and O–H groups in total. The fourth-order valence-electron chi connectivity index (χ4n) is 2.18. The fourth-order valence-corrected chi connectivity index (χ4v) is 2.70. The van der Waals surface area contributed by atoms with Crippen molar-refractivity contribution in [2.45, 2.75) is 0 Å². The van der Waals surface area contributed by atoms with Crippen molar-refractivity contribution in [2.24, 2.45) is 0 Å². The summed E-state index contributed by atoms with van der Waals surface area (Å²) in [6.45, 7) is 0. The highest BCUT2D eigenvalue weighted by Crippen LogP contribution is 2.32. The molecule has 0 saturated carbocycles. The first-order chi connectivity index (χ1) is 12.4. The molecule has 7 heteroatoms. The lowest BCUT2D eigenvalue weighted by atomic mass is 10.2. The molecule has 0 aliphatic rings. The summed E-state index contributed by atoms with van der Waals surface area (Å²) in [5.41, 5.74) is 0.512. The maximum atomic E-state index is 12.3. The third kappa shape index (κ3) is 4.41. The number of carbonyl (C=O) groups is 1. The topological polar surface area (TPSA) is 58.6 Å². The zero-order valence-electron chi connectivity index (χ0n) is 13.2. The van der Waals surface area contributed by atoms with Gasteiger partial charge in [0.25, 0.3) is 5.91 Å². The van der Waals surface area contributed by atoms with E-state index in [0.717, 1.165) is 0 Å². The van der Waals surface area contributed by atoms with Gasteiger partial charge in [0.2, 0.25) is 0 Å². The average Bonchev–Trinajstić information content (AvgIpc) is 2.61. The lowest BCUT2D eigenvalue weighted by molar-refractivity contribution is 0.102. The number of benzene rings is 3. The minimum absolute atomic E-state index is 0.0649. The molecule has 0 saturated heterocycles. The SMILES string of the molecule is O=C(Nc1ccc(Oc2ccc(Cl)cc2)c(Cl)c1)c1cc(Cl)ccc1O. The fraction of sp³-hybridized carbons (Fsp3) is 0. The van der Waals surface area contributed by atoms with Gasteiger partial charge in [-0.3, -0.25) is 4.79 Å². The van der Waals surface area contributed by atoms with E-state index in [2.05, 4.69) is 5.32 Å². The van der Waals surface area contributed by atoms with Gasteiger partial charge in [0.05, 0.1) is 10.6 Å². The minimum atomic E-state index is -0.507. The number of hydrogen-bond acceptors (Lipinski definition) is 3. The maximum absolute atomic E-state index is 12.3. The molecule has 26 heavy (non-hydrogen) atoms. The Morgan fingerprint density at radius 1 is 0.885 bits per heavy atom. The summed E-state index contributed by atoms with van der Waals surface area (Å²) in [5, 5.41) is 13.7. The number of phenols is 1. The van der Waals surface area contributed by atoms with Gasteiger partial charge in [-0.15, -0.1) is 0 Å². The Morgan fingerprint density at radius 3 is 2.27 bits per heavy atom. The van der Waals surface area contributed by atoms with Gasteiger partial charge in [0, 0.05) is 15.7 Å². The Balaban J connectivity index is 1.75. The zero-order chi connectivity index (χ0) is 18.7. The second-order valence-corrected chi connectivity index (χ2v) is 6.60. The molecule has 132 valence electrons. The van der Waals surface area contributed by atoms with Crippen LogP contribution < -0.4 is 10.1 Å². The average molecular weight is 409 g/mol. The molecule has 0 aliphatic heterocycles. The van der Waals surface area contributed by atoms with Crippen molar-refractivity contribution in [1.82, 2.24) is 0 Å². The van der Waals surface area contributed by atoms with Gasteiger partial charge >= 0.3 is 0 Å². The van der Waals surface area contributed by atoms with Crippen LogP contribution in [0, 0.1) is 0 Å². The lowest BCUT2D eigenvalue weighted by Crippen LogP contribution is -2.12. The van der Waals surface area contributed by atoms with Crippen LogP contribution in [0.2, 0.25) is 15.1 Å². The maximum Gasteiger partial charge on any atom is 0.259 e. The number of halogens is 3. The van der Waals surface area contributed by atoms with Crippen LogP contribution in [0.15, 0.2) is 60.7 Å². The van der Waals surface area contributed by atoms with Crippen LogP contribution in [0.4, 0.5) is 5.69 Å². The van der Waals surface area contributed by atoms with E-state index >= 15 is 0 Å². The first kappa shape index (κ1) is 18.4. The summed E-state index contributed by atoms with van der Waals surface area (Å²) in [7, 11) is 0. The van der Waals surface area contributed by atoms with E-state index in [1.807, 2.05) is 0 Å². The van der Waals surface area contributed by atoms with E-state index in [0.29, 0.717) is 32.3 Å². The number of ether oxygens (including phenoxy) is 1. The predicted molar refractivity (Wildman–Crippen MR) is 104 cm³/mol. The van der Waals surface area contributed by atoms with E-state index in [1.54, 1.807) is 42.5 Å². The number of carbonyl (C=O) groups excluding carboxylic acids is 1. The monoisotopic (exact) mass is 407 g/mol. The van der Waals surface area contributed by atoms with Crippen LogP contribution in [0.3, 0.4) is 0 Å². The third-order valence-corrected chi connectivity index (χ3v) is 4.22. The van der Waals surface area contributed by atoms with Gasteiger partial charge in [-0.05, 0) is 60.7 Å². The van der Waals surface area contributed by atoms with Crippen molar-refractivity contribution >= 4 is 46.4 Å². The summed E-state index contributed by atoms with van der Waals surface area (Å²) in [5.74, 6) is 0.336. The van der Waals surface area contributed by atoms with Crippen molar-refractivity contribution in [1.29, 1.82) is 0 Å². The number of aromatic hydroxyl groups is 1. The molecule has 0 heterocycles. The van der Waals surface area contributed by atoms with E-state index < -0.39 is 5.91 Å². The molecule has 4 nitrogen and oxygen atoms in total. The molecule has 3 aromatic carbocycles. The quantitative estimate of drug-likeness (QED) is 0.525. The van der Waals surface area contributed by atoms with Crippen LogP contribution in [0.1, 0.15) is 10.4 Å².